The number of anilines is 1. The number of nitrogens with zero attached hydrogens (tertiary/aromatic N) is 2. The number of carbonyl (C=O) groups is 1. The first kappa shape index (κ1) is 11.7. The lowest BCUT2D eigenvalue weighted by Crippen LogP contribution is -2.14. The molecule has 0 atom stereocenters. The van der Waals surface area contributed by atoms with Crippen LogP contribution in [0.2, 0.25) is 0 Å². The number of nitriles is 1. The smallest absolute Gasteiger partial charge is 0.260 e. The van der Waals surface area contributed by atoms with Crippen molar-refractivity contribution in [3.05, 3.63) is 41.6 Å². The highest BCUT2D eigenvalue weighted by Gasteiger charge is 2.14. The molecule has 1 amide bonds. The van der Waals surface area contributed by atoms with E-state index in [4.69, 9.17) is 10.00 Å². The van der Waals surface area contributed by atoms with Crippen molar-refractivity contribution in [1.29, 1.82) is 5.26 Å². The summed E-state index contributed by atoms with van der Waals surface area (Å²) in [7, 11) is 1.49. The van der Waals surface area contributed by atoms with E-state index < -0.39 is 0 Å². The maximum Gasteiger partial charge on any atom is 0.260 e. The van der Waals surface area contributed by atoms with E-state index in [0.717, 1.165) is 0 Å². The zero-order valence-corrected chi connectivity index (χ0v) is 9.60. The molecular formula is C12H10N4O2. The summed E-state index contributed by atoms with van der Waals surface area (Å²) in [4.78, 5) is 12.0. The SMILES string of the molecule is COc1ccccc1C(=O)Nc1[nH]ncc1C#N. The fraction of sp³-hybridized carbons (Fsp3) is 0.0833. The molecule has 0 aliphatic carbocycles. The Morgan fingerprint density at radius 1 is 1.50 bits per heavy atom. The highest BCUT2D eigenvalue weighted by molar-refractivity contribution is 6.06. The van der Waals surface area contributed by atoms with Gasteiger partial charge in [0.25, 0.3) is 5.91 Å². The summed E-state index contributed by atoms with van der Waals surface area (Å²) in [6.07, 6.45) is 1.35. The molecule has 18 heavy (non-hydrogen) atoms. The number of H-pyrrole nitrogens is 1. The van der Waals surface area contributed by atoms with Gasteiger partial charge in [0.05, 0.1) is 18.9 Å². The van der Waals surface area contributed by atoms with Crippen LogP contribution in [-0.4, -0.2) is 23.2 Å². The molecule has 1 heterocycles. The van der Waals surface area contributed by atoms with Crippen LogP contribution in [0.5, 0.6) is 5.75 Å². The Kier molecular flexibility index (Phi) is 3.25. The number of carbonyl (C=O) groups excluding carboxylic acids is 1. The molecule has 0 saturated heterocycles. The maximum atomic E-state index is 12.0. The van der Waals surface area contributed by atoms with Gasteiger partial charge < -0.3 is 10.1 Å². The number of hydrogen-bond acceptors (Lipinski definition) is 4. The standard InChI is InChI=1S/C12H10N4O2/c1-18-10-5-3-2-4-9(10)12(17)15-11-8(6-13)7-14-16-11/h2-5,7H,1H3,(H2,14,15,16,17). The van der Waals surface area contributed by atoms with Crippen LogP contribution in [0.15, 0.2) is 30.5 Å². The number of nitrogens with one attached hydrogen (secondary N) is 2. The third-order valence-corrected chi connectivity index (χ3v) is 2.35. The van der Waals surface area contributed by atoms with Gasteiger partial charge in [0.1, 0.15) is 23.2 Å². The molecule has 2 N–H and O–H groups in total. The van der Waals surface area contributed by atoms with Gasteiger partial charge in [-0.15, -0.1) is 0 Å². The van der Waals surface area contributed by atoms with Crippen molar-refractivity contribution < 1.29 is 9.53 Å². The number of rotatable bonds is 3. The van der Waals surface area contributed by atoms with Crippen LogP contribution < -0.4 is 10.1 Å². The Morgan fingerprint density at radius 3 is 3.00 bits per heavy atom. The van der Waals surface area contributed by atoms with Crippen LogP contribution in [-0.2, 0) is 0 Å². The molecule has 6 nitrogen and oxygen atoms in total. The monoisotopic (exact) mass is 242 g/mol. The van der Waals surface area contributed by atoms with E-state index in [1.807, 2.05) is 6.07 Å². The molecule has 0 aliphatic rings. The van der Waals surface area contributed by atoms with Crippen molar-refractivity contribution in [1.82, 2.24) is 10.2 Å². The molecular weight excluding hydrogens is 232 g/mol. The number of para-hydroxylation sites is 1. The second-order valence-electron chi connectivity index (χ2n) is 3.42. The van der Waals surface area contributed by atoms with Crippen LogP contribution in [0.25, 0.3) is 0 Å². The molecule has 0 fully saturated rings. The van der Waals surface area contributed by atoms with Crippen molar-refractivity contribution in [2.75, 3.05) is 12.4 Å². The van der Waals surface area contributed by atoms with Gasteiger partial charge in [-0.25, -0.2) is 0 Å². The molecule has 90 valence electrons. The maximum absolute atomic E-state index is 12.0. The van der Waals surface area contributed by atoms with E-state index in [0.29, 0.717) is 11.3 Å². The third-order valence-electron chi connectivity index (χ3n) is 2.35. The Bertz CT molecular complexity index is 613. The Labute approximate surface area is 103 Å². The molecule has 1 aromatic carbocycles. The summed E-state index contributed by atoms with van der Waals surface area (Å²) >= 11 is 0. The molecule has 0 radical (unpaired) electrons. The summed E-state index contributed by atoms with van der Waals surface area (Å²) in [6.45, 7) is 0. The van der Waals surface area contributed by atoms with Gasteiger partial charge in [0.15, 0.2) is 0 Å². The van der Waals surface area contributed by atoms with Gasteiger partial charge >= 0.3 is 0 Å². The summed E-state index contributed by atoms with van der Waals surface area (Å²) in [5.74, 6) is 0.370. The predicted molar refractivity (Wildman–Crippen MR) is 64.2 cm³/mol. The van der Waals surface area contributed by atoms with Gasteiger partial charge in [0, 0.05) is 0 Å². The molecule has 0 aliphatic heterocycles. The highest BCUT2D eigenvalue weighted by atomic mass is 16.5. The zero-order chi connectivity index (χ0) is 13.0. The number of methoxy groups -OCH3 is 1. The summed E-state index contributed by atoms with van der Waals surface area (Å²) in [5, 5.41) is 17.6. The lowest BCUT2D eigenvalue weighted by molar-refractivity contribution is 0.102. The molecule has 0 spiro atoms. The number of aromatic amines is 1. The first-order valence-electron chi connectivity index (χ1n) is 5.14. The van der Waals surface area contributed by atoms with Crippen LogP contribution in [0.1, 0.15) is 15.9 Å². The Balaban J connectivity index is 2.25. The summed E-state index contributed by atoms with van der Waals surface area (Å²) in [6, 6.07) is 8.75. The minimum absolute atomic E-state index is 0.272. The number of aromatic nitrogens is 2. The second-order valence-corrected chi connectivity index (χ2v) is 3.42. The summed E-state index contributed by atoms with van der Waals surface area (Å²) in [5.41, 5.74) is 0.664. The van der Waals surface area contributed by atoms with Crippen LogP contribution >= 0.6 is 0 Å². The van der Waals surface area contributed by atoms with Crippen molar-refractivity contribution in [2.24, 2.45) is 0 Å². The Hall–Kier alpha value is -2.81. The normalized spacial score (nSPS) is 9.56. The van der Waals surface area contributed by atoms with E-state index >= 15 is 0 Å². The highest BCUT2D eigenvalue weighted by Crippen LogP contribution is 2.19. The van der Waals surface area contributed by atoms with Crippen molar-refractivity contribution in [3.8, 4) is 11.8 Å². The quantitative estimate of drug-likeness (QED) is 0.854. The van der Waals surface area contributed by atoms with Crippen LogP contribution in [0.3, 0.4) is 0 Å². The molecule has 2 aromatic rings. The number of hydrogen-bond donors (Lipinski definition) is 2. The molecule has 0 bridgehead atoms. The molecule has 0 saturated carbocycles. The average Bonchev–Trinajstić information content (AvgIpc) is 2.85. The largest absolute Gasteiger partial charge is 0.496 e. The predicted octanol–water partition coefficient (Wildman–Crippen LogP) is 1.54. The molecule has 1 aromatic heterocycles. The second kappa shape index (κ2) is 5.01. The van der Waals surface area contributed by atoms with Crippen molar-refractivity contribution >= 4 is 11.7 Å². The van der Waals surface area contributed by atoms with Gasteiger partial charge in [-0.2, -0.15) is 10.4 Å². The minimum Gasteiger partial charge on any atom is -0.496 e. The van der Waals surface area contributed by atoms with Crippen molar-refractivity contribution in [2.45, 2.75) is 0 Å². The third kappa shape index (κ3) is 2.15. The van der Waals surface area contributed by atoms with E-state index in [9.17, 15) is 4.79 Å². The number of benzene rings is 1. The average molecular weight is 242 g/mol. The fourth-order valence-corrected chi connectivity index (χ4v) is 1.48. The van der Waals surface area contributed by atoms with Gasteiger partial charge in [-0.1, -0.05) is 12.1 Å². The van der Waals surface area contributed by atoms with Crippen molar-refractivity contribution in [3.63, 3.8) is 0 Å². The van der Waals surface area contributed by atoms with Crippen LogP contribution in [0.4, 0.5) is 5.82 Å². The molecule has 0 unspecified atom stereocenters. The van der Waals surface area contributed by atoms with E-state index in [1.54, 1.807) is 24.3 Å². The number of ether oxygens (including phenoxy) is 1. The van der Waals surface area contributed by atoms with Gasteiger partial charge in [-0.05, 0) is 12.1 Å². The van der Waals surface area contributed by atoms with Crippen LogP contribution in [0, 0.1) is 11.3 Å². The lowest BCUT2D eigenvalue weighted by Gasteiger charge is -2.07. The summed E-state index contributed by atoms with van der Waals surface area (Å²) < 4.78 is 5.09. The first-order valence-corrected chi connectivity index (χ1v) is 5.14. The molecule has 6 heteroatoms. The van der Waals surface area contributed by atoms with Gasteiger partial charge in [0.2, 0.25) is 0 Å². The van der Waals surface area contributed by atoms with Gasteiger partial charge in [-0.3, -0.25) is 9.89 Å². The minimum atomic E-state index is -0.367. The Morgan fingerprint density at radius 2 is 2.28 bits per heavy atom. The lowest BCUT2D eigenvalue weighted by atomic mass is 10.2. The topological polar surface area (TPSA) is 90.8 Å². The zero-order valence-electron chi connectivity index (χ0n) is 9.60. The van der Waals surface area contributed by atoms with E-state index in [2.05, 4.69) is 15.5 Å². The fourth-order valence-electron chi connectivity index (χ4n) is 1.48. The van der Waals surface area contributed by atoms with E-state index in [1.165, 1.54) is 13.3 Å². The number of amides is 1. The molecule has 2 rings (SSSR count). The van der Waals surface area contributed by atoms with E-state index in [-0.39, 0.29) is 17.3 Å². The first-order chi connectivity index (χ1) is 8.76.